The van der Waals surface area contributed by atoms with Crippen molar-refractivity contribution in [3.8, 4) is 16.9 Å². The first kappa shape index (κ1) is 15.0. The van der Waals surface area contributed by atoms with Gasteiger partial charge in [-0.25, -0.2) is 0 Å². The summed E-state index contributed by atoms with van der Waals surface area (Å²) in [7, 11) is 0. The maximum Gasteiger partial charge on any atom is 0.573 e. The second kappa shape index (κ2) is 8.81. The largest absolute Gasteiger partial charge is 0.573 e. The minimum Gasteiger partial charge on any atom is -0.406 e. The molecule has 1 nitrogen and oxygen atoms in total. The molecule has 1 fully saturated rings. The van der Waals surface area contributed by atoms with E-state index in [0.29, 0.717) is 5.56 Å². The predicted molar refractivity (Wildman–Crippen MR) is 103 cm³/mol. The van der Waals surface area contributed by atoms with Gasteiger partial charge in [0.05, 0.1) is 5.48 Å². The van der Waals surface area contributed by atoms with E-state index in [1.807, 2.05) is 12.1 Å². The molecule has 0 atom stereocenters. The number of hydrogen-bond donors (Lipinski definition) is 0. The Morgan fingerprint density at radius 3 is 2.07 bits per heavy atom. The van der Waals surface area contributed by atoms with Crippen LogP contribution in [0.3, 0.4) is 0 Å². The van der Waals surface area contributed by atoms with Crippen molar-refractivity contribution in [2.75, 3.05) is 0 Å². The van der Waals surface area contributed by atoms with Crippen LogP contribution in [0.2, 0.25) is 0 Å². The molecule has 1 aliphatic rings. The molecule has 0 amide bonds. The highest BCUT2D eigenvalue weighted by Crippen LogP contribution is 2.33. The fraction of sp³-hybridized carbons (Fsp3) is 0.478. The highest BCUT2D eigenvalue weighted by molar-refractivity contribution is 5.64. The summed E-state index contributed by atoms with van der Waals surface area (Å²) in [6.45, 7) is 2.25. The maximum atomic E-state index is 12.6. The number of aryl methyl sites for hydroxylation is 1. The van der Waals surface area contributed by atoms with Crippen LogP contribution in [0.5, 0.6) is 5.75 Å². The first-order valence-corrected chi connectivity index (χ1v) is 9.56. The summed E-state index contributed by atoms with van der Waals surface area (Å²) >= 11 is 0. The smallest absolute Gasteiger partial charge is 0.406 e. The van der Waals surface area contributed by atoms with E-state index < -0.39 is 36.3 Å². The fourth-order valence-corrected chi connectivity index (χ4v) is 3.75. The molecule has 0 radical (unpaired) electrons. The van der Waals surface area contributed by atoms with Gasteiger partial charge in [0, 0.05) is 0 Å². The molecule has 0 aliphatic heterocycles. The lowest BCUT2D eigenvalue weighted by Gasteiger charge is -2.27. The molecule has 2 aromatic carbocycles. The molecule has 0 saturated heterocycles. The third kappa shape index (κ3) is 6.02. The van der Waals surface area contributed by atoms with E-state index in [4.69, 9.17) is 5.48 Å². The second-order valence-corrected chi connectivity index (χ2v) is 7.28. The Morgan fingerprint density at radius 2 is 1.52 bits per heavy atom. The number of halogens is 3. The van der Waals surface area contributed by atoms with Crippen LogP contribution in [0, 0.1) is 11.8 Å². The lowest BCUT2D eigenvalue weighted by Crippen LogP contribution is -2.16. The SMILES string of the molecule is [2H]c1c([2H])c(-c2ccc(CCC3CCC(CC)CC3)cc2)c([2H])c([2H])c1OC(F)(F)F. The van der Waals surface area contributed by atoms with Crippen LogP contribution >= 0.6 is 0 Å². The molecule has 0 bridgehead atoms. The van der Waals surface area contributed by atoms with Crippen molar-refractivity contribution in [2.45, 2.75) is 58.2 Å². The minimum absolute atomic E-state index is 0.0334. The normalized spacial score (nSPS) is 22.5. The topological polar surface area (TPSA) is 9.23 Å². The third-order valence-electron chi connectivity index (χ3n) is 5.45. The minimum atomic E-state index is -5.09. The van der Waals surface area contributed by atoms with Crippen molar-refractivity contribution in [1.29, 1.82) is 0 Å². The maximum absolute atomic E-state index is 12.6. The summed E-state index contributed by atoms with van der Waals surface area (Å²) in [5, 5.41) is 0. The van der Waals surface area contributed by atoms with Gasteiger partial charge in [0.1, 0.15) is 5.75 Å². The average Bonchev–Trinajstić information content (AvgIpc) is 2.74. The van der Waals surface area contributed by atoms with Crippen molar-refractivity contribution in [3.63, 3.8) is 0 Å². The summed E-state index contributed by atoms with van der Waals surface area (Å²) in [5.74, 6) is 0.492. The zero-order valence-corrected chi connectivity index (χ0v) is 15.5. The van der Waals surface area contributed by atoms with E-state index in [1.54, 1.807) is 12.1 Å². The predicted octanol–water partition coefficient (Wildman–Crippen LogP) is 7.40. The summed E-state index contributed by atoms with van der Waals surface area (Å²) < 4.78 is 73.3. The standard InChI is InChI=1S/C23H27F3O/c1-2-17-3-5-18(6-4-17)7-8-19-9-11-20(12-10-19)21-13-15-22(16-14-21)27-23(24,25)26/h9-18H,2-8H2,1H3/i13D,14D,15D,16D. The number of benzene rings is 2. The Bertz CT molecular complexity index is 876. The second-order valence-electron chi connectivity index (χ2n) is 7.28. The lowest BCUT2D eigenvalue weighted by atomic mass is 9.78. The zero-order valence-electron chi connectivity index (χ0n) is 19.5. The van der Waals surface area contributed by atoms with Gasteiger partial charge < -0.3 is 4.74 Å². The Hall–Kier alpha value is -1.97. The summed E-state index contributed by atoms with van der Waals surface area (Å²) in [4.78, 5) is 0. The van der Waals surface area contributed by atoms with Gasteiger partial charge in [-0.1, -0.05) is 75.4 Å². The average molecular weight is 380 g/mol. The van der Waals surface area contributed by atoms with Gasteiger partial charge in [0.25, 0.3) is 0 Å². The van der Waals surface area contributed by atoms with E-state index >= 15 is 0 Å². The van der Waals surface area contributed by atoms with E-state index in [2.05, 4.69) is 11.7 Å². The number of alkyl halides is 3. The Morgan fingerprint density at radius 1 is 0.926 bits per heavy atom. The highest BCUT2D eigenvalue weighted by Gasteiger charge is 2.30. The molecule has 0 unspecified atom stereocenters. The summed E-state index contributed by atoms with van der Waals surface area (Å²) in [6.07, 6.45) is 3.35. The molecule has 0 N–H and O–H groups in total. The van der Waals surface area contributed by atoms with Crippen molar-refractivity contribution in [3.05, 3.63) is 54.0 Å². The van der Waals surface area contributed by atoms with Crippen LogP contribution in [-0.4, -0.2) is 6.36 Å². The highest BCUT2D eigenvalue weighted by atomic mass is 19.4. The zero-order chi connectivity index (χ0) is 22.8. The molecule has 1 saturated carbocycles. The number of hydrogen-bond acceptors (Lipinski definition) is 1. The monoisotopic (exact) mass is 380 g/mol. The van der Waals surface area contributed by atoms with Crippen LogP contribution < -0.4 is 4.74 Å². The molecule has 0 aromatic heterocycles. The molecule has 0 heterocycles. The van der Waals surface area contributed by atoms with E-state index in [-0.39, 0.29) is 5.56 Å². The molecule has 27 heavy (non-hydrogen) atoms. The quantitative estimate of drug-likeness (QED) is 0.507. The Kier molecular flexibility index (Phi) is 4.90. The molecule has 4 heteroatoms. The summed E-state index contributed by atoms with van der Waals surface area (Å²) in [5.41, 5.74) is 1.52. The lowest BCUT2D eigenvalue weighted by molar-refractivity contribution is -0.274. The third-order valence-corrected chi connectivity index (χ3v) is 5.45. The fourth-order valence-electron chi connectivity index (χ4n) is 3.75. The number of ether oxygens (including phenoxy) is 1. The molecule has 0 spiro atoms. The van der Waals surface area contributed by atoms with Gasteiger partial charge in [-0.3, -0.25) is 0 Å². The van der Waals surface area contributed by atoms with Crippen LogP contribution in [-0.2, 0) is 6.42 Å². The Labute approximate surface area is 165 Å². The van der Waals surface area contributed by atoms with Crippen LogP contribution in [0.1, 0.15) is 56.5 Å². The van der Waals surface area contributed by atoms with Gasteiger partial charge in [-0.05, 0) is 53.5 Å². The molecule has 146 valence electrons. The molecule has 1 aliphatic carbocycles. The van der Waals surface area contributed by atoms with Gasteiger partial charge in [-0.15, -0.1) is 13.2 Å². The van der Waals surface area contributed by atoms with Gasteiger partial charge in [0.2, 0.25) is 0 Å². The van der Waals surface area contributed by atoms with Crippen molar-refractivity contribution < 1.29 is 23.4 Å². The molecular formula is C23H27F3O. The Balaban J connectivity index is 1.75. The van der Waals surface area contributed by atoms with E-state index in [1.165, 1.54) is 32.1 Å². The van der Waals surface area contributed by atoms with Gasteiger partial charge >= 0.3 is 6.36 Å². The van der Waals surface area contributed by atoms with Crippen molar-refractivity contribution in [2.24, 2.45) is 11.8 Å². The van der Waals surface area contributed by atoms with Crippen LogP contribution in [0.4, 0.5) is 13.2 Å². The van der Waals surface area contributed by atoms with Crippen LogP contribution in [0.15, 0.2) is 48.4 Å². The number of rotatable bonds is 6. The molecule has 2 aromatic rings. The molecule has 3 rings (SSSR count). The first-order chi connectivity index (χ1) is 14.6. The first-order valence-electron chi connectivity index (χ1n) is 11.6. The van der Waals surface area contributed by atoms with Crippen LogP contribution in [0.25, 0.3) is 11.1 Å². The van der Waals surface area contributed by atoms with E-state index in [0.717, 1.165) is 30.2 Å². The van der Waals surface area contributed by atoms with Crippen molar-refractivity contribution >= 4 is 0 Å². The molecular weight excluding hydrogens is 349 g/mol. The van der Waals surface area contributed by atoms with Gasteiger partial charge in [0.15, 0.2) is 0 Å². The van der Waals surface area contributed by atoms with E-state index in [9.17, 15) is 13.2 Å². The van der Waals surface area contributed by atoms with Gasteiger partial charge in [-0.2, -0.15) is 0 Å². The summed E-state index contributed by atoms with van der Waals surface area (Å²) in [6, 6.07) is 4.38. The van der Waals surface area contributed by atoms with Crippen molar-refractivity contribution in [1.82, 2.24) is 0 Å².